The molecule has 12 aromatic carbocycles. The molecule has 6 heterocycles. The van der Waals surface area contributed by atoms with Gasteiger partial charge in [0.15, 0.2) is 11.4 Å². The van der Waals surface area contributed by atoms with E-state index in [0.29, 0.717) is 17.3 Å². The fourth-order valence-electron chi connectivity index (χ4n) is 15.0. The van der Waals surface area contributed by atoms with E-state index >= 15 is 0 Å². The van der Waals surface area contributed by atoms with Crippen molar-refractivity contribution in [2.75, 3.05) is 0 Å². The molecule has 18 aromatic rings. The lowest BCUT2D eigenvalue weighted by molar-refractivity contribution is 0.619. The van der Waals surface area contributed by atoms with Gasteiger partial charge in [-0.05, 0) is 171 Å². The summed E-state index contributed by atoms with van der Waals surface area (Å²) >= 11 is 0. The molecule has 0 fully saturated rings. The second-order valence-electron chi connectivity index (χ2n) is 25.8. The lowest BCUT2D eigenvalue weighted by Gasteiger charge is -2.30. The molecule has 8 nitrogen and oxygen atoms in total. The standard InChI is InChI=1S/C85H63N7O/c1-48-23-31-69-58(39-48)59-40-49(2)24-32-70(59)89(69)80-78(68-47-67(56-17-11-9-12-18-56)86-84(87-68)57-19-13-10-14-20-57)81(90-71-33-25-50(3)41-60(71)61-42-51(4)26-34-72(61)90)83(92-75-37-29-54(7)45-64(75)65-46-55(8)30-38-76(65)92)79(85-88-66-21-15-16-22-77(66)93-85)82(80)91-73-35-27-52(5)43-62(73)63-44-53(6)28-36-74(63)91/h9-47H,1-8H3. The van der Waals surface area contributed by atoms with Crippen molar-refractivity contribution in [2.45, 2.75) is 55.4 Å². The van der Waals surface area contributed by atoms with Crippen molar-refractivity contribution in [3.05, 3.63) is 281 Å². The van der Waals surface area contributed by atoms with Crippen molar-refractivity contribution in [1.82, 2.24) is 33.2 Å². The molecule has 8 heteroatoms. The molecule has 0 radical (unpaired) electrons. The minimum Gasteiger partial charge on any atom is -0.436 e. The third-order valence-electron chi connectivity index (χ3n) is 19.2. The van der Waals surface area contributed by atoms with Crippen molar-refractivity contribution in [2.24, 2.45) is 0 Å². The molecule has 18 rings (SSSR count). The second kappa shape index (κ2) is 20.5. The van der Waals surface area contributed by atoms with Crippen molar-refractivity contribution in [3.8, 4) is 68.1 Å². The summed E-state index contributed by atoms with van der Waals surface area (Å²) in [5.74, 6) is 1.07. The zero-order valence-electron chi connectivity index (χ0n) is 53.1. The number of hydrogen-bond donors (Lipinski definition) is 0. The van der Waals surface area contributed by atoms with E-state index in [-0.39, 0.29) is 0 Å². The molecular weight excluding hydrogens is 1130 g/mol. The minimum absolute atomic E-state index is 0.469. The Bertz CT molecular complexity index is 5600. The SMILES string of the molecule is Cc1ccc2c(c1)c1cc(C)ccc1n2-c1c(-c2cc(-c3ccccc3)nc(-c3ccccc3)n2)c(-n2c3ccc(C)cc3c3cc(C)ccc32)c(-n2c3ccc(C)cc3c3cc(C)ccc32)c(-c2nc3ccccc3o2)c1-n1c2ccc(C)cc2c2cc(C)ccc21. The number of para-hydroxylation sites is 2. The van der Waals surface area contributed by atoms with E-state index in [4.69, 9.17) is 19.4 Å². The number of benzene rings is 12. The first-order valence-corrected chi connectivity index (χ1v) is 32.1. The first kappa shape index (κ1) is 54.3. The molecule has 0 aliphatic rings. The lowest BCUT2D eigenvalue weighted by atomic mass is 9.94. The number of aryl methyl sites for hydroxylation is 8. The van der Waals surface area contributed by atoms with Crippen LogP contribution in [0.1, 0.15) is 44.5 Å². The molecule has 0 amide bonds. The van der Waals surface area contributed by atoms with Crippen molar-refractivity contribution >= 4 is 98.3 Å². The predicted octanol–water partition coefficient (Wildman–Crippen LogP) is 22.1. The molecular formula is C85H63N7O. The molecule has 0 atom stereocenters. The average Bonchev–Trinajstić information content (AvgIpc) is 1.61. The summed E-state index contributed by atoms with van der Waals surface area (Å²) in [5, 5.41) is 9.12. The quantitative estimate of drug-likeness (QED) is 0.152. The number of fused-ring (bicyclic) bond motifs is 13. The van der Waals surface area contributed by atoms with Gasteiger partial charge in [0.05, 0.1) is 89.4 Å². The van der Waals surface area contributed by atoms with Crippen LogP contribution in [0.5, 0.6) is 0 Å². The van der Waals surface area contributed by atoms with E-state index in [1.54, 1.807) is 0 Å². The van der Waals surface area contributed by atoms with Gasteiger partial charge >= 0.3 is 0 Å². The lowest BCUT2D eigenvalue weighted by Crippen LogP contribution is -2.16. The number of hydrogen-bond acceptors (Lipinski definition) is 4. The molecule has 0 spiro atoms. The van der Waals surface area contributed by atoms with Crippen LogP contribution in [-0.2, 0) is 0 Å². The van der Waals surface area contributed by atoms with Crippen LogP contribution in [0.15, 0.2) is 241 Å². The molecule has 0 aliphatic heterocycles. The number of rotatable bonds is 8. The Balaban J connectivity index is 1.24. The highest BCUT2D eigenvalue weighted by Gasteiger charge is 2.38. The molecule has 93 heavy (non-hydrogen) atoms. The van der Waals surface area contributed by atoms with Crippen LogP contribution < -0.4 is 0 Å². The minimum atomic E-state index is 0.469. The molecule has 0 saturated carbocycles. The van der Waals surface area contributed by atoms with Crippen molar-refractivity contribution in [3.63, 3.8) is 0 Å². The van der Waals surface area contributed by atoms with Crippen LogP contribution in [-0.4, -0.2) is 33.2 Å². The molecule has 0 aliphatic carbocycles. The Labute approximate surface area is 537 Å². The molecule has 0 bridgehead atoms. The summed E-state index contributed by atoms with van der Waals surface area (Å²) in [4.78, 5) is 17.5. The van der Waals surface area contributed by atoms with Crippen molar-refractivity contribution in [1.29, 1.82) is 0 Å². The molecule has 0 unspecified atom stereocenters. The largest absolute Gasteiger partial charge is 0.436 e. The number of oxazole rings is 1. The van der Waals surface area contributed by atoms with Crippen molar-refractivity contribution < 1.29 is 4.42 Å². The van der Waals surface area contributed by atoms with Gasteiger partial charge in [-0.1, -0.05) is 166 Å². The van der Waals surface area contributed by atoms with Gasteiger partial charge in [-0.25, -0.2) is 15.0 Å². The summed E-state index contributed by atoms with van der Waals surface area (Å²) in [6.45, 7) is 17.6. The normalized spacial score (nSPS) is 12.1. The maximum absolute atomic E-state index is 7.63. The van der Waals surface area contributed by atoms with Gasteiger partial charge in [0.1, 0.15) is 5.52 Å². The van der Waals surface area contributed by atoms with Gasteiger partial charge in [-0.3, -0.25) is 0 Å². The molecule has 0 saturated heterocycles. The maximum Gasteiger partial charge on any atom is 0.231 e. The van der Waals surface area contributed by atoms with Crippen LogP contribution in [0, 0.1) is 55.4 Å². The molecule has 6 aromatic heterocycles. The summed E-state index contributed by atoms with van der Waals surface area (Å²) in [6.07, 6.45) is 0. The van der Waals surface area contributed by atoms with Gasteiger partial charge in [0.25, 0.3) is 0 Å². The van der Waals surface area contributed by atoms with Gasteiger partial charge in [-0.2, -0.15) is 0 Å². The average molecular weight is 1200 g/mol. The topological polar surface area (TPSA) is 71.5 Å². The highest BCUT2D eigenvalue weighted by atomic mass is 16.3. The van der Waals surface area contributed by atoms with Gasteiger partial charge in [0.2, 0.25) is 5.89 Å². The van der Waals surface area contributed by atoms with E-state index in [1.807, 2.05) is 12.1 Å². The van der Waals surface area contributed by atoms with E-state index in [2.05, 4.69) is 298 Å². The Hall–Kier alpha value is -11.6. The van der Waals surface area contributed by atoms with Crippen LogP contribution >= 0.6 is 0 Å². The van der Waals surface area contributed by atoms with Gasteiger partial charge in [0, 0.05) is 54.2 Å². The highest BCUT2D eigenvalue weighted by Crippen LogP contribution is 2.55. The Morgan fingerprint density at radius 2 is 0.548 bits per heavy atom. The van der Waals surface area contributed by atoms with E-state index < -0.39 is 0 Å². The third-order valence-corrected chi connectivity index (χ3v) is 19.2. The Morgan fingerprint density at radius 1 is 0.258 bits per heavy atom. The second-order valence-corrected chi connectivity index (χ2v) is 25.8. The first-order valence-electron chi connectivity index (χ1n) is 32.1. The van der Waals surface area contributed by atoms with E-state index in [9.17, 15) is 0 Å². The van der Waals surface area contributed by atoms with E-state index in [1.165, 1.54) is 44.5 Å². The van der Waals surface area contributed by atoms with Crippen LogP contribution in [0.2, 0.25) is 0 Å². The fraction of sp³-hybridized carbons (Fsp3) is 0.0941. The summed E-state index contributed by atoms with van der Waals surface area (Å²) in [6, 6.07) is 87.1. The van der Waals surface area contributed by atoms with Crippen LogP contribution in [0.3, 0.4) is 0 Å². The highest BCUT2D eigenvalue weighted by molar-refractivity contribution is 6.19. The summed E-state index contributed by atoms with van der Waals surface area (Å²) in [7, 11) is 0. The molecule has 444 valence electrons. The third kappa shape index (κ3) is 8.34. The number of nitrogens with zero attached hydrogens (tertiary/aromatic N) is 7. The summed E-state index contributed by atoms with van der Waals surface area (Å²) < 4.78 is 17.8. The number of aromatic nitrogens is 7. The fourth-order valence-corrected chi connectivity index (χ4v) is 15.0. The predicted molar refractivity (Wildman–Crippen MR) is 387 cm³/mol. The maximum atomic E-state index is 7.63. The Kier molecular flexibility index (Phi) is 12.0. The van der Waals surface area contributed by atoms with Gasteiger partial charge < -0.3 is 22.7 Å². The smallest absolute Gasteiger partial charge is 0.231 e. The zero-order valence-corrected chi connectivity index (χ0v) is 53.1. The van der Waals surface area contributed by atoms with Crippen LogP contribution in [0.4, 0.5) is 0 Å². The molecule has 0 N–H and O–H groups in total. The summed E-state index contributed by atoms with van der Waals surface area (Å²) in [5.41, 5.74) is 27.6. The van der Waals surface area contributed by atoms with Crippen LogP contribution in [0.25, 0.3) is 166 Å². The van der Waals surface area contributed by atoms with E-state index in [0.717, 1.165) is 149 Å². The zero-order chi connectivity index (χ0) is 62.7. The van der Waals surface area contributed by atoms with Gasteiger partial charge in [-0.15, -0.1) is 0 Å². The Morgan fingerprint density at radius 3 is 0.882 bits per heavy atom. The monoisotopic (exact) mass is 1200 g/mol. The first-order chi connectivity index (χ1) is 45.4.